The summed E-state index contributed by atoms with van der Waals surface area (Å²) in [5.41, 5.74) is 0.320. The molecule has 1 heterocycles. The predicted octanol–water partition coefficient (Wildman–Crippen LogP) is 2.65. The Hall–Kier alpha value is -1.49. The highest BCUT2D eigenvalue weighted by Crippen LogP contribution is 2.25. The lowest BCUT2D eigenvalue weighted by Crippen LogP contribution is -2.42. The van der Waals surface area contributed by atoms with Crippen LogP contribution in [0, 0.1) is 17.6 Å². The number of rotatable bonds is 3. The second-order valence-electron chi connectivity index (χ2n) is 5.09. The van der Waals surface area contributed by atoms with Crippen molar-refractivity contribution in [2.45, 2.75) is 32.4 Å². The molecule has 0 bridgehead atoms. The number of carboxylic acids is 1. The molecule has 1 aliphatic heterocycles. The van der Waals surface area contributed by atoms with Gasteiger partial charge >= 0.3 is 5.97 Å². The number of carboxylic acid groups (broad SMARTS) is 1. The Morgan fingerprint density at radius 3 is 2.84 bits per heavy atom. The van der Waals surface area contributed by atoms with E-state index in [0.717, 1.165) is 6.07 Å². The van der Waals surface area contributed by atoms with Crippen LogP contribution in [0.5, 0.6) is 0 Å². The smallest absolute Gasteiger partial charge is 0.306 e. The Balaban J connectivity index is 2.04. The molecule has 0 aliphatic carbocycles. The third kappa shape index (κ3) is 3.10. The fourth-order valence-electron chi connectivity index (χ4n) is 2.57. The van der Waals surface area contributed by atoms with E-state index >= 15 is 0 Å². The van der Waals surface area contributed by atoms with E-state index in [2.05, 4.69) is 0 Å². The first kappa shape index (κ1) is 13.9. The van der Waals surface area contributed by atoms with Gasteiger partial charge in [0.1, 0.15) is 0 Å². The maximum Gasteiger partial charge on any atom is 0.306 e. The van der Waals surface area contributed by atoms with Crippen molar-refractivity contribution >= 4 is 5.97 Å². The Bertz CT molecular complexity index is 479. The number of nitrogens with zero attached hydrogens (tertiary/aromatic N) is 1. The van der Waals surface area contributed by atoms with Crippen LogP contribution in [0.3, 0.4) is 0 Å². The monoisotopic (exact) mass is 269 g/mol. The van der Waals surface area contributed by atoms with Crippen molar-refractivity contribution in [2.75, 3.05) is 6.54 Å². The lowest BCUT2D eigenvalue weighted by Gasteiger charge is -2.36. The topological polar surface area (TPSA) is 40.5 Å². The van der Waals surface area contributed by atoms with Gasteiger partial charge in [0.05, 0.1) is 5.92 Å². The SMILES string of the molecule is CC1CC(C(=O)O)CCN1Cc1cccc(F)c1F. The molecule has 1 saturated heterocycles. The van der Waals surface area contributed by atoms with Gasteiger partial charge in [-0.3, -0.25) is 9.69 Å². The van der Waals surface area contributed by atoms with E-state index in [1.165, 1.54) is 6.07 Å². The third-order valence-electron chi connectivity index (χ3n) is 3.77. The molecule has 1 aliphatic rings. The molecule has 0 radical (unpaired) electrons. The average molecular weight is 269 g/mol. The maximum absolute atomic E-state index is 13.6. The zero-order chi connectivity index (χ0) is 14.0. The predicted molar refractivity (Wildman–Crippen MR) is 66.6 cm³/mol. The summed E-state index contributed by atoms with van der Waals surface area (Å²) < 4.78 is 26.7. The van der Waals surface area contributed by atoms with Crippen molar-refractivity contribution in [3.05, 3.63) is 35.4 Å². The maximum atomic E-state index is 13.6. The molecular formula is C14H17F2NO2. The van der Waals surface area contributed by atoms with E-state index < -0.39 is 17.6 Å². The van der Waals surface area contributed by atoms with Crippen LogP contribution in [0.15, 0.2) is 18.2 Å². The largest absolute Gasteiger partial charge is 0.481 e. The van der Waals surface area contributed by atoms with Crippen molar-refractivity contribution in [1.82, 2.24) is 4.90 Å². The first-order valence-corrected chi connectivity index (χ1v) is 6.38. The van der Waals surface area contributed by atoms with Crippen LogP contribution >= 0.6 is 0 Å². The molecule has 1 aromatic rings. The number of halogens is 2. The summed E-state index contributed by atoms with van der Waals surface area (Å²) in [6.07, 6.45) is 1.10. The van der Waals surface area contributed by atoms with Gasteiger partial charge < -0.3 is 5.11 Å². The standard InChI is InChI=1S/C14H17F2NO2/c1-9-7-10(14(18)19)5-6-17(9)8-11-3-2-4-12(15)13(11)16/h2-4,9-10H,5-8H2,1H3,(H,18,19). The molecule has 19 heavy (non-hydrogen) atoms. The van der Waals surface area contributed by atoms with Crippen LogP contribution in [0.4, 0.5) is 8.78 Å². The van der Waals surface area contributed by atoms with E-state index in [1.54, 1.807) is 6.07 Å². The third-order valence-corrected chi connectivity index (χ3v) is 3.77. The van der Waals surface area contributed by atoms with Gasteiger partial charge in [-0.2, -0.15) is 0 Å². The number of benzene rings is 1. The van der Waals surface area contributed by atoms with Crippen molar-refractivity contribution in [3.63, 3.8) is 0 Å². The summed E-state index contributed by atoms with van der Waals surface area (Å²) in [6.45, 7) is 2.83. The Morgan fingerprint density at radius 1 is 1.47 bits per heavy atom. The molecule has 1 fully saturated rings. The summed E-state index contributed by atoms with van der Waals surface area (Å²) in [6, 6.07) is 4.20. The van der Waals surface area contributed by atoms with Gasteiger partial charge in [0.2, 0.25) is 0 Å². The van der Waals surface area contributed by atoms with E-state index in [1.807, 2.05) is 11.8 Å². The summed E-state index contributed by atoms with van der Waals surface area (Å²) in [4.78, 5) is 12.9. The molecule has 1 aromatic carbocycles. The quantitative estimate of drug-likeness (QED) is 0.917. The van der Waals surface area contributed by atoms with Crippen LogP contribution in [0.1, 0.15) is 25.3 Å². The van der Waals surface area contributed by atoms with Crippen molar-refractivity contribution in [3.8, 4) is 0 Å². The summed E-state index contributed by atoms with van der Waals surface area (Å²) >= 11 is 0. The number of piperidine rings is 1. The second-order valence-corrected chi connectivity index (χ2v) is 5.09. The highest BCUT2D eigenvalue weighted by atomic mass is 19.2. The average Bonchev–Trinajstić information content (AvgIpc) is 2.37. The van der Waals surface area contributed by atoms with Crippen molar-refractivity contribution < 1.29 is 18.7 Å². The normalized spacial score (nSPS) is 24.4. The van der Waals surface area contributed by atoms with E-state index in [0.29, 0.717) is 31.5 Å². The molecule has 2 rings (SSSR count). The van der Waals surface area contributed by atoms with Crippen LogP contribution < -0.4 is 0 Å². The van der Waals surface area contributed by atoms with Crippen molar-refractivity contribution in [2.24, 2.45) is 5.92 Å². The first-order valence-electron chi connectivity index (χ1n) is 6.38. The van der Waals surface area contributed by atoms with Crippen LogP contribution in [0.25, 0.3) is 0 Å². The summed E-state index contributed by atoms with van der Waals surface area (Å²) in [7, 11) is 0. The van der Waals surface area contributed by atoms with Crippen LogP contribution in [-0.4, -0.2) is 28.6 Å². The lowest BCUT2D eigenvalue weighted by atomic mass is 9.91. The zero-order valence-electron chi connectivity index (χ0n) is 10.8. The van der Waals surface area contributed by atoms with E-state index in [-0.39, 0.29) is 12.0 Å². The summed E-state index contributed by atoms with van der Waals surface area (Å²) in [5, 5.41) is 8.98. The fraction of sp³-hybridized carbons (Fsp3) is 0.500. The molecule has 0 spiro atoms. The van der Waals surface area contributed by atoms with E-state index in [9.17, 15) is 13.6 Å². The van der Waals surface area contributed by atoms with Crippen LogP contribution in [0.2, 0.25) is 0 Å². The highest BCUT2D eigenvalue weighted by molar-refractivity contribution is 5.70. The zero-order valence-corrected chi connectivity index (χ0v) is 10.8. The molecule has 0 saturated carbocycles. The van der Waals surface area contributed by atoms with Crippen LogP contribution in [-0.2, 0) is 11.3 Å². The minimum Gasteiger partial charge on any atom is -0.481 e. The molecule has 104 valence electrons. The van der Waals surface area contributed by atoms with Gasteiger partial charge in [-0.25, -0.2) is 8.78 Å². The lowest BCUT2D eigenvalue weighted by molar-refractivity contribution is -0.144. The Labute approximate surface area is 110 Å². The Kier molecular flexibility index (Phi) is 4.14. The highest BCUT2D eigenvalue weighted by Gasteiger charge is 2.30. The number of hydrogen-bond acceptors (Lipinski definition) is 2. The van der Waals surface area contributed by atoms with Gasteiger partial charge in [0.25, 0.3) is 0 Å². The molecule has 0 aromatic heterocycles. The van der Waals surface area contributed by atoms with Gasteiger partial charge in [0, 0.05) is 18.2 Å². The van der Waals surface area contributed by atoms with E-state index in [4.69, 9.17) is 5.11 Å². The van der Waals surface area contributed by atoms with Gasteiger partial charge in [-0.15, -0.1) is 0 Å². The molecule has 5 heteroatoms. The molecule has 0 amide bonds. The molecule has 2 atom stereocenters. The van der Waals surface area contributed by atoms with Gasteiger partial charge in [0.15, 0.2) is 11.6 Å². The molecule has 3 nitrogen and oxygen atoms in total. The molecule has 1 N–H and O–H groups in total. The minimum atomic E-state index is -0.842. The second kappa shape index (κ2) is 5.65. The number of carbonyl (C=O) groups is 1. The summed E-state index contributed by atoms with van der Waals surface area (Å²) in [5.74, 6) is -2.76. The number of hydrogen-bond donors (Lipinski definition) is 1. The number of likely N-dealkylation sites (tertiary alicyclic amines) is 1. The minimum absolute atomic E-state index is 0.0533. The van der Waals surface area contributed by atoms with Gasteiger partial charge in [-0.05, 0) is 32.4 Å². The fourth-order valence-corrected chi connectivity index (χ4v) is 2.57. The molecule has 2 unspecified atom stereocenters. The Morgan fingerprint density at radius 2 is 2.21 bits per heavy atom. The molecular weight excluding hydrogens is 252 g/mol. The first-order chi connectivity index (χ1) is 8.99. The van der Waals surface area contributed by atoms with Gasteiger partial charge in [-0.1, -0.05) is 12.1 Å². The number of aliphatic carboxylic acids is 1. The van der Waals surface area contributed by atoms with Crippen molar-refractivity contribution in [1.29, 1.82) is 0 Å².